The standard InChI is InChI=1S/C8H10FNO2/c9-12-6-5-11-8-3-1-7(10)2-4-8/h1-4H,5-6,10H2. The highest BCUT2D eigenvalue weighted by Gasteiger charge is 1.92. The van der Waals surface area contributed by atoms with Crippen molar-refractivity contribution in [3.63, 3.8) is 0 Å². The first kappa shape index (κ1) is 8.80. The summed E-state index contributed by atoms with van der Waals surface area (Å²) in [5.41, 5.74) is 6.11. The van der Waals surface area contributed by atoms with Gasteiger partial charge in [0.15, 0.2) is 0 Å². The quantitative estimate of drug-likeness (QED) is 0.552. The third-order valence-corrected chi connectivity index (χ3v) is 1.31. The maximum atomic E-state index is 11.2. The first-order valence-corrected chi connectivity index (χ1v) is 3.55. The molecule has 0 aliphatic carbocycles. The van der Waals surface area contributed by atoms with Crippen molar-refractivity contribution in [3.05, 3.63) is 24.3 Å². The fourth-order valence-electron chi connectivity index (χ4n) is 0.755. The van der Waals surface area contributed by atoms with Crippen LogP contribution in [0.5, 0.6) is 5.75 Å². The normalized spacial score (nSPS) is 9.75. The van der Waals surface area contributed by atoms with E-state index < -0.39 is 0 Å². The molecule has 0 saturated carbocycles. The summed E-state index contributed by atoms with van der Waals surface area (Å²) in [6.45, 7) is 0.130. The number of anilines is 1. The van der Waals surface area contributed by atoms with Crippen LogP contribution in [0.15, 0.2) is 24.3 Å². The highest BCUT2D eigenvalue weighted by molar-refractivity contribution is 5.41. The van der Waals surface area contributed by atoms with Crippen LogP contribution in [0.2, 0.25) is 0 Å². The largest absolute Gasteiger partial charge is 0.491 e. The van der Waals surface area contributed by atoms with Crippen molar-refractivity contribution in [2.75, 3.05) is 18.9 Å². The molecular weight excluding hydrogens is 161 g/mol. The molecule has 4 heteroatoms. The van der Waals surface area contributed by atoms with E-state index in [9.17, 15) is 4.53 Å². The molecule has 0 amide bonds. The smallest absolute Gasteiger partial charge is 0.122 e. The lowest BCUT2D eigenvalue weighted by Crippen LogP contribution is -2.02. The number of nitrogens with two attached hydrogens (primary N) is 1. The zero-order valence-electron chi connectivity index (χ0n) is 6.50. The molecule has 0 radical (unpaired) electrons. The van der Waals surface area contributed by atoms with E-state index in [2.05, 4.69) is 4.94 Å². The number of rotatable bonds is 4. The van der Waals surface area contributed by atoms with Gasteiger partial charge in [0.1, 0.15) is 19.0 Å². The van der Waals surface area contributed by atoms with Crippen molar-refractivity contribution in [2.24, 2.45) is 0 Å². The Morgan fingerprint density at radius 1 is 1.17 bits per heavy atom. The first-order valence-electron chi connectivity index (χ1n) is 3.55. The zero-order chi connectivity index (χ0) is 8.81. The van der Waals surface area contributed by atoms with Crippen LogP contribution in [0.3, 0.4) is 0 Å². The van der Waals surface area contributed by atoms with Gasteiger partial charge in [-0.15, -0.1) is 0 Å². The molecule has 66 valence electrons. The highest BCUT2D eigenvalue weighted by Crippen LogP contribution is 2.12. The van der Waals surface area contributed by atoms with Crippen molar-refractivity contribution in [1.82, 2.24) is 0 Å². The van der Waals surface area contributed by atoms with E-state index in [0.717, 1.165) is 0 Å². The highest BCUT2D eigenvalue weighted by atomic mass is 19.3. The van der Waals surface area contributed by atoms with Gasteiger partial charge in [0.05, 0.1) is 0 Å². The number of halogens is 1. The minimum absolute atomic E-state index is 0.0651. The third kappa shape index (κ3) is 2.75. The van der Waals surface area contributed by atoms with Crippen molar-refractivity contribution < 1.29 is 14.2 Å². The number of ether oxygens (including phenoxy) is 1. The van der Waals surface area contributed by atoms with Crippen LogP contribution in [-0.4, -0.2) is 13.2 Å². The number of benzene rings is 1. The molecule has 2 N–H and O–H groups in total. The summed E-state index contributed by atoms with van der Waals surface area (Å²) in [5, 5.41) is 0. The Kier molecular flexibility index (Phi) is 3.35. The van der Waals surface area contributed by atoms with Crippen LogP contribution >= 0.6 is 0 Å². The van der Waals surface area contributed by atoms with Crippen LogP contribution < -0.4 is 10.5 Å². The van der Waals surface area contributed by atoms with Gasteiger partial charge in [0, 0.05) is 5.69 Å². The SMILES string of the molecule is Nc1ccc(OCCOF)cc1. The van der Waals surface area contributed by atoms with Crippen LogP contribution in [0.4, 0.5) is 10.2 Å². The van der Waals surface area contributed by atoms with E-state index in [1.54, 1.807) is 24.3 Å². The molecular formula is C8H10FNO2. The Morgan fingerprint density at radius 3 is 2.42 bits per heavy atom. The van der Waals surface area contributed by atoms with Crippen molar-refractivity contribution in [2.45, 2.75) is 0 Å². The second-order valence-corrected chi connectivity index (χ2v) is 2.23. The predicted octanol–water partition coefficient (Wildman–Crippen LogP) is 1.55. The molecule has 0 saturated heterocycles. The molecule has 0 atom stereocenters. The van der Waals surface area contributed by atoms with Crippen molar-refractivity contribution in [1.29, 1.82) is 0 Å². The summed E-state index contributed by atoms with van der Waals surface area (Å²) in [5.74, 6) is 0.654. The molecule has 0 spiro atoms. The average molecular weight is 171 g/mol. The van der Waals surface area contributed by atoms with Gasteiger partial charge in [-0.05, 0) is 28.8 Å². The van der Waals surface area contributed by atoms with Gasteiger partial charge in [-0.3, -0.25) is 0 Å². The molecule has 1 aromatic carbocycles. The summed E-state index contributed by atoms with van der Waals surface area (Å²) >= 11 is 0. The lowest BCUT2D eigenvalue weighted by atomic mass is 10.3. The fourth-order valence-corrected chi connectivity index (χ4v) is 0.755. The number of hydrogen-bond acceptors (Lipinski definition) is 3. The number of hydrogen-bond donors (Lipinski definition) is 1. The van der Waals surface area contributed by atoms with Gasteiger partial charge in [0.2, 0.25) is 0 Å². The lowest BCUT2D eigenvalue weighted by Gasteiger charge is -2.03. The Labute approximate surface area is 69.8 Å². The second kappa shape index (κ2) is 4.56. The van der Waals surface area contributed by atoms with Gasteiger partial charge in [-0.2, -0.15) is 4.94 Å². The topological polar surface area (TPSA) is 44.5 Å². The maximum absolute atomic E-state index is 11.2. The number of nitrogen functional groups attached to an aromatic ring is 1. The van der Waals surface area contributed by atoms with Crippen LogP contribution in [0, 0.1) is 0 Å². The minimum atomic E-state index is -0.0651. The zero-order valence-corrected chi connectivity index (χ0v) is 6.50. The predicted molar refractivity (Wildman–Crippen MR) is 43.4 cm³/mol. The summed E-state index contributed by atoms with van der Waals surface area (Å²) in [6, 6.07) is 6.86. The molecule has 1 rings (SSSR count). The molecule has 0 heterocycles. The third-order valence-electron chi connectivity index (χ3n) is 1.31. The van der Waals surface area contributed by atoms with E-state index in [0.29, 0.717) is 11.4 Å². The van der Waals surface area contributed by atoms with E-state index in [4.69, 9.17) is 10.5 Å². The minimum Gasteiger partial charge on any atom is -0.491 e. The van der Waals surface area contributed by atoms with E-state index in [1.807, 2.05) is 0 Å². The molecule has 0 fully saturated rings. The monoisotopic (exact) mass is 171 g/mol. The Morgan fingerprint density at radius 2 is 1.83 bits per heavy atom. The molecule has 0 unspecified atom stereocenters. The van der Waals surface area contributed by atoms with Gasteiger partial charge >= 0.3 is 0 Å². The molecule has 0 bridgehead atoms. The van der Waals surface area contributed by atoms with Crippen LogP contribution in [-0.2, 0) is 4.94 Å². The molecule has 1 aromatic rings. The maximum Gasteiger partial charge on any atom is 0.122 e. The van der Waals surface area contributed by atoms with E-state index >= 15 is 0 Å². The van der Waals surface area contributed by atoms with Crippen molar-refractivity contribution in [3.8, 4) is 5.75 Å². The van der Waals surface area contributed by atoms with Gasteiger partial charge in [-0.25, -0.2) is 0 Å². The summed E-state index contributed by atoms with van der Waals surface area (Å²) in [7, 11) is 0. The summed E-state index contributed by atoms with van der Waals surface area (Å²) in [6.07, 6.45) is 0. The van der Waals surface area contributed by atoms with Crippen LogP contribution in [0.1, 0.15) is 0 Å². The Bertz CT molecular complexity index is 225. The van der Waals surface area contributed by atoms with Crippen molar-refractivity contribution >= 4 is 5.69 Å². The van der Waals surface area contributed by atoms with Crippen LogP contribution in [0.25, 0.3) is 0 Å². The Hall–Kier alpha value is -1.29. The molecule has 0 aliphatic heterocycles. The van der Waals surface area contributed by atoms with Gasteiger partial charge in [0.25, 0.3) is 0 Å². The van der Waals surface area contributed by atoms with Gasteiger partial charge in [-0.1, -0.05) is 0 Å². The molecule has 0 aliphatic rings. The average Bonchev–Trinajstić information content (AvgIpc) is 2.09. The van der Waals surface area contributed by atoms with E-state index in [1.165, 1.54) is 0 Å². The molecule has 3 nitrogen and oxygen atoms in total. The lowest BCUT2D eigenvalue weighted by molar-refractivity contribution is -0.138. The fraction of sp³-hybridized carbons (Fsp3) is 0.250. The molecule has 0 aromatic heterocycles. The first-order chi connectivity index (χ1) is 5.83. The molecule has 12 heavy (non-hydrogen) atoms. The Balaban J connectivity index is 2.37. The second-order valence-electron chi connectivity index (χ2n) is 2.23. The summed E-state index contributed by atoms with van der Waals surface area (Å²) < 4.78 is 16.2. The summed E-state index contributed by atoms with van der Waals surface area (Å²) in [4.78, 5) is 3.34. The van der Waals surface area contributed by atoms with Gasteiger partial charge < -0.3 is 10.5 Å². The van der Waals surface area contributed by atoms with E-state index in [-0.39, 0.29) is 13.2 Å².